The number of hydrogen-bond donors (Lipinski definition) is 0. The number of hydrogen-bond acceptors (Lipinski definition) is 6. The average molecular weight is 484 g/mol. The molecule has 11 heteroatoms. The molecule has 0 spiro atoms. The summed E-state index contributed by atoms with van der Waals surface area (Å²) in [5, 5.41) is 11.9. The van der Waals surface area contributed by atoms with Gasteiger partial charge in [0.2, 0.25) is 5.91 Å². The minimum absolute atomic E-state index is 0.0434. The van der Waals surface area contributed by atoms with E-state index in [2.05, 4.69) is 0 Å². The summed E-state index contributed by atoms with van der Waals surface area (Å²) in [6.07, 6.45) is 1.39. The molecule has 2 heterocycles. The zero-order valence-corrected chi connectivity index (χ0v) is 18.8. The van der Waals surface area contributed by atoms with Crippen LogP contribution in [-0.2, 0) is 11.3 Å². The van der Waals surface area contributed by atoms with Crippen LogP contribution in [-0.4, -0.2) is 47.8 Å². The summed E-state index contributed by atoms with van der Waals surface area (Å²) in [4.78, 5) is 40.8. The third kappa shape index (κ3) is 5.13. The van der Waals surface area contributed by atoms with Crippen molar-refractivity contribution >= 4 is 28.9 Å². The molecule has 2 aromatic carbocycles. The highest BCUT2D eigenvalue weighted by molar-refractivity contribution is 6.06. The first-order valence-corrected chi connectivity index (χ1v) is 10.8. The highest BCUT2D eigenvalue weighted by Gasteiger charge is 2.28. The largest absolute Gasteiger partial charge is 0.467 e. The molecule has 0 atom stereocenters. The maximum absolute atomic E-state index is 14.6. The van der Waals surface area contributed by atoms with Crippen molar-refractivity contribution in [1.29, 1.82) is 0 Å². The predicted molar refractivity (Wildman–Crippen MR) is 123 cm³/mol. The number of anilines is 2. The van der Waals surface area contributed by atoms with Crippen molar-refractivity contribution in [2.75, 3.05) is 36.0 Å². The van der Waals surface area contributed by atoms with Gasteiger partial charge in [-0.25, -0.2) is 8.78 Å². The van der Waals surface area contributed by atoms with Crippen LogP contribution in [0.15, 0.2) is 59.2 Å². The Balaban J connectivity index is 1.67. The van der Waals surface area contributed by atoms with E-state index in [0.717, 1.165) is 23.1 Å². The van der Waals surface area contributed by atoms with Gasteiger partial charge >= 0.3 is 0 Å². The van der Waals surface area contributed by atoms with Gasteiger partial charge < -0.3 is 14.2 Å². The number of piperazine rings is 1. The maximum atomic E-state index is 14.6. The van der Waals surface area contributed by atoms with Crippen LogP contribution in [0.2, 0.25) is 0 Å². The topological polar surface area (TPSA) is 100 Å². The molecule has 0 bridgehead atoms. The first-order valence-electron chi connectivity index (χ1n) is 10.8. The Hall–Kier alpha value is -4.28. The van der Waals surface area contributed by atoms with Gasteiger partial charge in [0.25, 0.3) is 11.6 Å². The van der Waals surface area contributed by atoms with Crippen LogP contribution >= 0.6 is 0 Å². The lowest BCUT2D eigenvalue weighted by atomic mass is 10.1. The van der Waals surface area contributed by atoms with Gasteiger partial charge in [-0.2, -0.15) is 0 Å². The Morgan fingerprint density at radius 1 is 1.09 bits per heavy atom. The van der Waals surface area contributed by atoms with Crippen molar-refractivity contribution < 1.29 is 27.7 Å². The Kier molecular flexibility index (Phi) is 6.76. The highest BCUT2D eigenvalue weighted by Crippen LogP contribution is 2.32. The number of nitro benzene ring substituents is 1. The lowest BCUT2D eigenvalue weighted by molar-refractivity contribution is -0.384. The summed E-state index contributed by atoms with van der Waals surface area (Å²) < 4.78 is 33.4. The van der Waals surface area contributed by atoms with Gasteiger partial charge in [0.05, 0.1) is 23.4 Å². The summed E-state index contributed by atoms with van der Waals surface area (Å²) >= 11 is 0. The molecular formula is C24H22F2N4O5. The van der Waals surface area contributed by atoms with Crippen LogP contribution in [0.25, 0.3) is 0 Å². The number of rotatable bonds is 6. The third-order valence-corrected chi connectivity index (χ3v) is 5.82. The van der Waals surface area contributed by atoms with Crippen LogP contribution in [0.1, 0.15) is 23.0 Å². The Bertz CT molecular complexity index is 1260. The first kappa shape index (κ1) is 23.9. The molecule has 1 saturated heterocycles. The minimum atomic E-state index is -0.959. The molecule has 0 N–H and O–H groups in total. The minimum Gasteiger partial charge on any atom is -0.467 e. The lowest BCUT2D eigenvalue weighted by Crippen LogP contribution is -2.48. The van der Waals surface area contributed by atoms with Gasteiger partial charge in [-0.15, -0.1) is 0 Å². The summed E-state index contributed by atoms with van der Waals surface area (Å²) in [5.74, 6) is -2.20. The van der Waals surface area contributed by atoms with Gasteiger partial charge in [0.1, 0.15) is 23.1 Å². The summed E-state index contributed by atoms with van der Waals surface area (Å²) in [5.41, 5.74) is -0.206. The molecule has 4 rings (SSSR count). The lowest BCUT2D eigenvalue weighted by Gasteiger charge is -2.35. The third-order valence-electron chi connectivity index (χ3n) is 5.82. The van der Waals surface area contributed by atoms with Gasteiger partial charge in [0, 0.05) is 50.8 Å². The van der Waals surface area contributed by atoms with Crippen LogP contribution in [0.4, 0.5) is 25.8 Å². The standard InChI is InChI=1S/C24H22F2N4O5/c1-16(31)27-8-10-28(11-9-27)22-6-4-17(13-23(22)30(33)34)24(32)29(15-19-3-2-12-35-19)21-7-5-18(25)14-20(21)26/h2-7,12-14H,8-11,15H2,1H3. The quantitative estimate of drug-likeness (QED) is 0.388. The number of nitrogens with zero attached hydrogens (tertiary/aromatic N) is 4. The molecule has 0 unspecified atom stereocenters. The molecule has 1 fully saturated rings. The molecule has 1 aromatic heterocycles. The number of carbonyl (C=O) groups is 2. The molecule has 0 radical (unpaired) electrons. The SMILES string of the molecule is CC(=O)N1CCN(c2ccc(C(=O)N(Cc3ccco3)c3ccc(F)cc3F)cc2[N+](=O)[O-])CC1. The van der Waals surface area contributed by atoms with Gasteiger partial charge in [-0.1, -0.05) is 0 Å². The number of furan rings is 1. The number of carbonyl (C=O) groups excluding carboxylic acids is 2. The Morgan fingerprint density at radius 3 is 2.43 bits per heavy atom. The fourth-order valence-electron chi connectivity index (χ4n) is 4.01. The molecule has 35 heavy (non-hydrogen) atoms. The van der Waals surface area contributed by atoms with E-state index in [9.17, 15) is 28.5 Å². The number of benzene rings is 2. The van der Waals surface area contributed by atoms with Crippen molar-refractivity contribution in [1.82, 2.24) is 4.90 Å². The smallest absolute Gasteiger partial charge is 0.293 e. The average Bonchev–Trinajstić information content (AvgIpc) is 3.35. The fraction of sp³-hybridized carbons (Fsp3) is 0.250. The normalized spacial score (nSPS) is 13.6. The molecule has 1 aliphatic heterocycles. The summed E-state index contributed by atoms with van der Waals surface area (Å²) in [6.45, 7) is 2.95. The second kappa shape index (κ2) is 9.92. The Morgan fingerprint density at radius 2 is 1.83 bits per heavy atom. The zero-order valence-electron chi connectivity index (χ0n) is 18.8. The van der Waals surface area contributed by atoms with E-state index in [1.807, 2.05) is 0 Å². The predicted octanol–water partition coefficient (Wildman–Crippen LogP) is 3.98. The molecule has 2 amide bonds. The Labute approximate surface area is 199 Å². The number of amides is 2. The van der Waals surface area contributed by atoms with Crippen LogP contribution in [0.3, 0.4) is 0 Å². The summed E-state index contributed by atoms with van der Waals surface area (Å²) in [6, 6.07) is 10.0. The van der Waals surface area contributed by atoms with E-state index in [0.29, 0.717) is 43.7 Å². The number of nitro groups is 1. The summed E-state index contributed by atoms with van der Waals surface area (Å²) in [7, 11) is 0. The molecule has 3 aromatic rings. The first-order chi connectivity index (χ1) is 16.7. The zero-order chi connectivity index (χ0) is 25.1. The van der Waals surface area contributed by atoms with Crippen molar-refractivity contribution in [3.05, 3.63) is 87.9 Å². The van der Waals surface area contributed by atoms with E-state index in [4.69, 9.17) is 4.42 Å². The number of halogens is 2. The fourth-order valence-corrected chi connectivity index (χ4v) is 4.01. The molecule has 9 nitrogen and oxygen atoms in total. The van der Waals surface area contributed by atoms with E-state index >= 15 is 0 Å². The van der Waals surface area contributed by atoms with Crippen molar-refractivity contribution in [3.8, 4) is 0 Å². The highest BCUT2D eigenvalue weighted by atomic mass is 19.1. The van der Waals surface area contributed by atoms with Crippen molar-refractivity contribution in [3.63, 3.8) is 0 Å². The van der Waals surface area contributed by atoms with Crippen LogP contribution in [0.5, 0.6) is 0 Å². The van der Waals surface area contributed by atoms with E-state index in [-0.39, 0.29) is 29.4 Å². The molecule has 0 saturated carbocycles. The van der Waals surface area contributed by atoms with Crippen molar-refractivity contribution in [2.45, 2.75) is 13.5 Å². The van der Waals surface area contributed by atoms with E-state index < -0.39 is 22.5 Å². The molecule has 1 aliphatic rings. The van der Waals surface area contributed by atoms with Gasteiger partial charge in [-0.05, 0) is 36.4 Å². The second-order valence-corrected chi connectivity index (χ2v) is 8.02. The molecule has 182 valence electrons. The van der Waals surface area contributed by atoms with Gasteiger partial charge in [0.15, 0.2) is 0 Å². The van der Waals surface area contributed by atoms with Gasteiger partial charge in [-0.3, -0.25) is 24.6 Å². The van der Waals surface area contributed by atoms with Crippen LogP contribution in [0, 0.1) is 21.7 Å². The molecular weight excluding hydrogens is 462 g/mol. The maximum Gasteiger partial charge on any atom is 0.293 e. The monoisotopic (exact) mass is 484 g/mol. The van der Waals surface area contributed by atoms with Crippen LogP contribution < -0.4 is 9.80 Å². The van der Waals surface area contributed by atoms with E-state index in [1.54, 1.807) is 21.9 Å². The molecule has 0 aliphatic carbocycles. The second-order valence-electron chi connectivity index (χ2n) is 8.02. The van der Waals surface area contributed by atoms with Crippen molar-refractivity contribution in [2.24, 2.45) is 0 Å². The van der Waals surface area contributed by atoms with E-state index in [1.165, 1.54) is 25.3 Å².